The summed E-state index contributed by atoms with van der Waals surface area (Å²) < 4.78 is 53.4. The molecule has 2 aromatic carbocycles. The number of fused-ring (bicyclic) bond motifs is 5. The molecule has 0 spiro atoms. The Kier molecular flexibility index (Phi) is 5.30. The zero-order valence-electron chi connectivity index (χ0n) is 18.5. The Hall–Kier alpha value is -2.76. The highest BCUT2D eigenvalue weighted by Crippen LogP contribution is 2.65. The standard InChI is InChI=1S/C27H27F3O3/c1-16(2)26(15-18-13-23(26)21-10-6-9-20(18)21)33-24-14-17(11-12-22(24)27(28,29)30)25(31)32-19-7-4-3-5-8-19/h3-5,7-8,11-12,14,18,20-21,23H,1,6,9-10,13,15H2,2H3. The number of halogens is 3. The molecule has 3 nitrogen and oxygen atoms in total. The number of benzene rings is 2. The minimum Gasteiger partial charge on any atom is -0.482 e. The minimum absolute atomic E-state index is 0.0145. The van der Waals surface area contributed by atoms with Crippen LogP contribution in [0.5, 0.6) is 11.5 Å². The van der Waals surface area contributed by atoms with E-state index < -0.39 is 23.3 Å². The van der Waals surface area contributed by atoms with Crippen LogP contribution in [0.4, 0.5) is 13.2 Å². The largest absolute Gasteiger partial charge is 0.482 e. The third-order valence-electron chi connectivity index (χ3n) is 7.96. The maximum absolute atomic E-state index is 13.9. The Morgan fingerprint density at radius 3 is 2.52 bits per heavy atom. The molecule has 2 bridgehead atoms. The van der Waals surface area contributed by atoms with Crippen molar-refractivity contribution >= 4 is 5.97 Å². The van der Waals surface area contributed by atoms with Crippen LogP contribution in [0.3, 0.4) is 0 Å². The molecule has 5 unspecified atom stereocenters. The van der Waals surface area contributed by atoms with Gasteiger partial charge in [0.2, 0.25) is 0 Å². The zero-order chi connectivity index (χ0) is 23.4. The third kappa shape index (κ3) is 3.73. The normalized spacial score (nSPS) is 30.2. The van der Waals surface area contributed by atoms with Crippen LogP contribution in [0.15, 0.2) is 60.7 Å². The summed E-state index contributed by atoms with van der Waals surface area (Å²) >= 11 is 0. The molecule has 0 amide bonds. The van der Waals surface area contributed by atoms with Gasteiger partial charge >= 0.3 is 12.1 Å². The molecule has 3 aliphatic carbocycles. The van der Waals surface area contributed by atoms with Gasteiger partial charge in [-0.2, -0.15) is 13.2 Å². The number of hydrogen-bond acceptors (Lipinski definition) is 3. The van der Waals surface area contributed by atoms with E-state index in [1.165, 1.54) is 18.9 Å². The number of para-hydroxylation sites is 1. The highest BCUT2D eigenvalue weighted by atomic mass is 19.4. The summed E-state index contributed by atoms with van der Waals surface area (Å²) in [5.41, 5.74) is -0.950. The lowest BCUT2D eigenvalue weighted by atomic mass is 9.70. The number of hydrogen-bond donors (Lipinski definition) is 0. The summed E-state index contributed by atoms with van der Waals surface area (Å²) in [6.45, 7) is 6.00. The first kappa shape index (κ1) is 22.1. The van der Waals surface area contributed by atoms with Crippen molar-refractivity contribution in [2.24, 2.45) is 23.7 Å². The predicted octanol–water partition coefficient (Wildman–Crippen LogP) is 7.07. The topological polar surface area (TPSA) is 35.5 Å². The van der Waals surface area contributed by atoms with Crippen LogP contribution in [-0.4, -0.2) is 11.6 Å². The smallest absolute Gasteiger partial charge is 0.419 e. The fraction of sp³-hybridized carbons (Fsp3) is 0.444. The summed E-state index contributed by atoms with van der Waals surface area (Å²) in [6.07, 6.45) is 0.514. The van der Waals surface area contributed by atoms with Crippen molar-refractivity contribution in [1.29, 1.82) is 0 Å². The molecule has 0 heterocycles. The first-order valence-corrected chi connectivity index (χ1v) is 11.5. The first-order valence-electron chi connectivity index (χ1n) is 11.5. The van der Waals surface area contributed by atoms with Crippen molar-refractivity contribution in [2.45, 2.75) is 50.8 Å². The number of carbonyl (C=O) groups is 1. The van der Waals surface area contributed by atoms with Gasteiger partial charge in [0.1, 0.15) is 17.1 Å². The molecule has 2 aromatic rings. The van der Waals surface area contributed by atoms with Gasteiger partial charge in [-0.05, 0) is 86.3 Å². The van der Waals surface area contributed by atoms with Crippen LogP contribution in [-0.2, 0) is 6.18 Å². The molecule has 6 heteroatoms. The molecule has 5 atom stereocenters. The SMILES string of the molecule is C=C(C)C1(Oc2cc(C(=O)Oc3ccccc3)ccc2C(F)(F)F)CC2CC1C1CCCC21. The molecular weight excluding hydrogens is 429 g/mol. The number of alkyl halides is 3. The Bertz CT molecular complexity index is 1080. The van der Waals surface area contributed by atoms with Crippen LogP contribution in [0.2, 0.25) is 0 Å². The molecule has 174 valence electrons. The van der Waals surface area contributed by atoms with Crippen LogP contribution >= 0.6 is 0 Å². The van der Waals surface area contributed by atoms with Crippen molar-refractivity contribution < 1.29 is 27.4 Å². The van der Waals surface area contributed by atoms with Gasteiger partial charge in [0, 0.05) is 5.92 Å². The van der Waals surface area contributed by atoms with E-state index in [2.05, 4.69) is 6.58 Å². The molecule has 3 saturated carbocycles. The number of rotatable bonds is 5. The molecule has 0 N–H and O–H groups in total. The number of carbonyl (C=O) groups excluding carboxylic acids is 1. The molecule has 0 saturated heterocycles. The number of esters is 1. The van der Waals surface area contributed by atoms with Crippen molar-refractivity contribution in [3.8, 4) is 11.5 Å². The van der Waals surface area contributed by atoms with Crippen molar-refractivity contribution in [3.05, 3.63) is 71.8 Å². The number of ether oxygens (including phenoxy) is 2. The summed E-state index contributed by atoms with van der Waals surface area (Å²) in [5.74, 6) is 1.02. The van der Waals surface area contributed by atoms with Crippen LogP contribution in [0, 0.1) is 23.7 Å². The van der Waals surface area contributed by atoms with Gasteiger partial charge in [-0.1, -0.05) is 31.2 Å². The van der Waals surface area contributed by atoms with E-state index >= 15 is 0 Å². The van der Waals surface area contributed by atoms with Crippen LogP contribution < -0.4 is 9.47 Å². The maximum Gasteiger partial charge on any atom is 0.419 e. The summed E-state index contributed by atoms with van der Waals surface area (Å²) in [5, 5.41) is 0. The molecule has 0 aliphatic heterocycles. The van der Waals surface area contributed by atoms with Crippen LogP contribution in [0.25, 0.3) is 0 Å². The average Bonchev–Trinajstić information content (AvgIpc) is 3.46. The van der Waals surface area contributed by atoms with E-state index in [-0.39, 0.29) is 17.2 Å². The lowest BCUT2D eigenvalue weighted by molar-refractivity contribution is -0.140. The van der Waals surface area contributed by atoms with Gasteiger partial charge in [-0.25, -0.2) is 4.79 Å². The van der Waals surface area contributed by atoms with Gasteiger partial charge < -0.3 is 9.47 Å². The highest BCUT2D eigenvalue weighted by molar-refractivity contribution is 5.91. The fourth-order valence-electron chi connectivity index (χ4n) is 6.60. The van der Waals surface area contributed by atoms with E-state index in [0.29, 0.717) is 29.9 Å². The van der Waals surface area contributed by atoms with Gasteiger partial charge in [0.05, 0.1) is 11.1 Å². The van der Waals surface area contributed by atoms with E-state index in [4.69, 9.17) is 9.47 Å². The summed E-state index contributed by atoms with van der Waals surface area (Å²) in [4.78, 5) is 12.7. The minimum atomic E-state index is -4.61. The molecule has 0 radical (unpaired) electrons. The van der Waals surface area contributed by atoms with Crippen LogP contribution in [0.1, 0.15) is 54.9 Å². The molecular formula is C27H27F3O3. The van der Waals surface area contributed by atoms with E-state index in [1.54, 1.807) is 30.3 Å². The van der Waals surface area contributed by atoms with Gasteiger partial charge in [0.15, 0.2) is 0 Å². The predicted molar refractivity (Wildman–Crippen MR) is 118 cm³/mol. The lowest BCUT2D eigenvalue weighted by Gasteiger charge is -2.44. The highest BCUT2D eigenvalue weighted by Gasteiger charge is 2.63. The fourth-order valence-corrected chi connectivity index (χ4v) is 6.60. The van der Waals surface area contributed by atoms with Gasteiger partial charge in [-0.3, -0.25) is 0 Å². The van der Waals surface area contributed by atoms with Crippen molar-refractivity contribution in [2.75, 3.05) is 0 Å². The second-order valence-electron chi connectivity index (χ2n) is 9.75. The summed E-state index contributed by atoms with van der Waals surface area (Å²) in [6, 6.07) is 11.7. The first-order chi connectivity index (χ1) is 15.7. The second kappa shape index (κ2) is 7.93. The van der Waals surface area contributed by atoms with Crippen molar-refractivity contribution in [3.63, 3.8) is 0 Å². The Morgan fingerprint density at radius 1 is 1.09 bits per heavy atom. The van der Waals surface area contributed by atoms with E-state index in [9.17, 15) is 18.0 Å². The van der Waals surface area contributed by atoms with Gasteiger partial charge in [0.25, 0.3) is 0 Å². The van der Waals surface area contributed by atoms with E-state index in [1.807, 2.05) is 6.92 Å². The zero-order valence-corrected chi connectivity index (χ0v) is 18.5. The molecule has 33 heavy (non-hydrogen) atoms. The monoisotopic (exact) mass is 456 g/mol. The summed E-state index contributed by atoms with van der Waals surface area (Å²) in [7, 11) is 0. The van der Waals surface area contributed by atoms with Crippen molar-refractivity contribution in [1.82, 2.24) is 0 Å². The quantitative estimate of drug-likeness (QED) is 0.274. The molecule has 3 fully saturated rings. The maximum atomic E-state index is 13.9. The molecule has 3 aliphatic rings. The Balaban J connectivity index is 1.50. The molecule has 5 rings (SSSR count). The lowest BCUT2D eigenvalue weighted by Crippen LogP contribution is -2.47. The van der Waals surface area contributed by atoms with Gasteiger partial charge in [-0.15, -0.1) is 0 Å². The molecule has 0 aromatic heterocycles. The second-order valence-corrected chi connectivity index (χ2v) is 9.75. The average molecular weight is 457 g/mol. The van der Waals surface area contributed by atoms with E-state index in [0.717, 1.165) is 30.5 Å². The third-order valence-corrected chi connectivity index (χ3v) is 7.96. The Labute approximate surface area is 191 Å². The Morgan fingerprint density at radius 2 is 1.82 bits per heavy atom.